The average Bonchev–Trinajstić information content (AvgIpc) is 3.01. The number of thiazole rings is 1. The zero-order valence-electron chi connectivity index (χ0n) is 13.0. The van der Waals surface area contributed by atoms with Gasteiger partial charge in [0.05, 0.1) is 19.2 Å². The SMILES string of the molecule is COc1ccc(CNC(=O)c2csc(CCN)n2)cc1OC.Cl. The largest absolute Gasteiger partial charge is 0.493 e. The Morgan fingerprint density at radius 1 is 1.30 bits per heavy atom. The van der Waals surface area contributed by atoms with Crippen molar-refractivity contribution >= 4 is 29.7 Å². The van der Waals surface area contributed by atoms with Gasteiger partial charge in [-0.05, 0) is 24.2 Å². The highest BCUT2D eigenvalue weighted by Gasteiger charge is 2.11. The zero-order chi connectivity index (χ0) is 15.9. The third-order valence-electron chi connectivity index (χ3n) is 3.04. The van der Waals surface area contributed by atoms with Crippen molar-refractivity contribution < 1.29 is 14.3 Å². The number of amides is 1. The third-order valence-corrected chi connectivity index (χ3v) is 3.95. The minimum Gasteiger partial charge on any atom is -0.493 e. The van der Waals surface area contributed by atoms with Crippen LogP contribution in [-0.2, 0) is 13.0 Å². The van der Waals surface area contributed by atoms with Crippen LogP contribution in [0.15, 0.2) is 23.6 Å². The Balaban J connectivity index is 0.00000264. The molecule has 0 spiro atoms. The molecule has 23 heavy (non-hydrogen) atoms. The molecule has 1 aromatic heterocycles. The number of nitrogens with zero attached hydrogens (tertiary/aromatic N) is 1. The van der Waals surface area contributed by atoms with E-state index in [1.54, 1.807) is 19.6 Å². The van der Waals surface area contributed by atoms with Gasteiger partial charge in [0.1, 0.15) is 5.69 Å². The van der Waals surface area contributed by atoms with Crippen molar-refractivity contribution in [2.45, 2.75) is 13.0 Å². The number of benzene rings is 1. The van der Waals surface area contributed by atoms with E-state index in [4.69, 9.17) is 15.2 Å². The van der Waals surface area contributed by atoms with Gasteiger partial charge in [0, 0.05) is 18.3 Å². The molecular formula is C15H20ClN3O3S. The van der Waals surface area contributed by atoms with Crippen molar-refractivity contribution in [1.82, 2.24) is 10.3 Å². The standard InChI is InChI=1S/C15H19N3O3S.ClH/c1-20-12-4-3-10(7-13(12)21-2)8-17-15(19)11-9-22-14(18-11)5-6-16;/h3-4,7,9H,5-6,8,16H2,1-2H3,(H,17,19);1H. The molecule has 0 radical (unpaired) electrons. The number of rotatable bonds is 7. The van der Waals surface area contributed by atoms with Gasteiger partial charge in [0.2, 0.25) is 0 Å². The third kappa shape index (κ3) is 5.09. The minimum absolute atomic E-state index is 0. The van der Waals surface area contributed by atoms with E-state index in [-0.39, 0.29) is 18.3 Å². The molecule has 126 valence electrons. The fourth-order valence-electron chi connectivity index (χ4n) is 1.92. The molecule has 0 aliphatic rings. The molecule has 0 unspecified atom stereocenters. The summed E-state index contributed by atoms with van der Waals surface area (Å²) >= 11 is 1.45. The molecule has 1 amide bonds. The maximum Gasteiger partial charge on any atom is 0.271 e. The second-order valence-corrected chi connectivity index (χ2v) is 5.48. The van der Waals surface area contributed by atoms with Crippen LogP contribution in [0.4, 0.5) is 0 Å². The molecule has 6 nitrogen and oxygen atoms in total. The first-order valence-electron chi connectivity index (χ1n) is 6.81. The molecule has 2 aromatic rings. The zero-order valence-corrected chi connectivity index (χ0v) is 14.6. The highest BCUT2D eigenvalue weighted by molar-refractivity contribution is 7.09. The van der Waals surface area contributed by atoms with E-state index >= 15 is 0 Å². The van der Waals surface area contributed by atoms with Crippen molar-refractivity contribution in [3.8, 4) is 11.5 Å². The Morgan fingerprint density at radius 2 is 2.04 bits per heavy atom. The lowest BCUT2D eigenvalue weighted by molar-refractivity contribution is 0.0946. The second kappa shape index (κ2) is 9.34. The number of aromatic nitrogens is 1. The fourth-order valence-corrected chi connectivity index (χ4v) is 2.71. The van der Waals surface area contributed by atoms with Gasteiger partial charge in [-0.3, -0.25) is 4.79 Å². The molecule has 0 saturated carbocycles. The molecule has 0 aliphatic heterocycles. The van der Waals surface area contributed by atoms with Crippen molar-refractivity contribution in [2.24, 2.45) is 5.73 Å². The molecule has 3 N–H and O–H groups in total. The van der Waals surface area contributed by atoms with Crippen LogP contribution in [0, 0.1) is 0 Å². The predicted molar refractivity (Wildman–Crippen MR) is 92.8 cm³/mol. The lowest BCUT2D eigenvalue weighted by atomic mass is 10.2. The summed E-state index contributed by atoms with van der Waals surface area (Å²) in [5.74, 6) is 1.09. The first-order valence-corrected chi connectivity index (χ1v) is 7.69. The predicted octanol–water partition coefficient (Wildman–Crippen LogP) is 2.01. The lowest BCUT2D eigenvalue weighted by Gasteiger charge is -2.10. The Bertz CT molecular complexity index is 649. The lowest BCUT2D eigenvalue weighted by Crippen LogP contribution is -2.23. The van der Waals surface area contributed by atoms with Crippen LogP contribution in [0.3, 0.4) is 0 Å². The van der Waals surface area contributed by atoms with E-state index in [2.05, 4.69) is 10.3 Å². The number of methoxy groups -OCH3 is 2. The van der Waals surface area contributed by atoms with Crippen LogP contribution >= 0.6 is 23.7 Å². The van der Waals surface area contributed by atoms with Crippen molar-refractivity contribution in [3.63, 3.8) is 0 Å². The summed E-state index contributed by atoms with van der Waals surface area (Å²) in [6, 6.07) is 5.52. The monoisotopic (exact) mass is 357 g/mol. The van der Waals surface area contributed by atoms with Gasteiger partial charge in [0.15, 0.2) is 11.5 Å². The molecule has 0 saturated heterocycles. The fraction of sp³-hybridized carbons (Fsp3) is 0.333. The summed E-state index contributed by atoms with van der Waals surface area (Å²) in [5, 5.41) is 5.46. The average molecular weight is 358 g/mol. The molecule has 1 heterocycles. The number of carbonyl (C=O) groups is 1. The van der Waals surface area contributed by atoms with E-state index in [9.17, 15) is 4.79 Å². The highest BCUT2D eigenvalue weighted by Crippen LogP contribution is 2.27. The van der Waals surface area contributed by atoms with Crippen LogP contribution in [0.25, 0.3) is 0 Å². The van der Waals surface area contributed by atoms with Crippen LogP contribution in [0.2, 0.25) is 0 Å². The van der Waals surface area contributed by atoms with Crippen LogP contribution in [0.5, 0.6) is 11.5 Å². The molecule has 0 bridgehead atoms. The summed E-state index contributed by atoms with van der Waals surface area (Å²) in [6.07, 6.45) is 0.688. The van der Waals surface area contributed by atoms with Gasteiger partial charge in [-0.15, -0.1) is 23.7 Å². The number of hydrogen-bond acceptors (Lipinski definition) is 6. The van der Waals surface area contributed by atoms with Gasteiger partial charge in [-0.2, -0.15) is 0 Å². The quantitative estimate of drug-likeness (QED) is 0.791. The molecule has 2 rings (SSSR count). The van der Waals surface area contributed by atoms with E-state index in [0.717, 1.165) is 10.6 Å². The maximum atomic E-state index is 12.1. The summed E-state index contributed by atoms with van der Waals surface area (Å²) < 4.78 is 10.4. The second-order valence-electron chi connectivity index (χ2n) is 4.54. The number of hydrogen-bond donors (Lipinski definition) is 2. The number of halogens is 1. The Labute approximate surface area is 145 Å². The van der Waals surface area contributed by atoms with Crippen molar-refractivity contribution in [1.29, 1.82) is 0 Å². The maximum absolute atomic E-state index is 12.1. The van der Waals surface area contributed by atoms with E-state index in [1.165, 1.54) is 11.3 Å². The molecule has 0 atom stereocenters. The van der Waals surface area contributed by atoms with Crippen molar-refractivity contribution in [2.75, 3.05) is 20.8 Å². The highest BCUT2D eigenvalue weighted by atomic mass is 35.5. The smallest absolute Gasteiger partial charge is 0.271 e. The van der Waals surface area contributed by atoms with Gasteiger partial charge in [-0.25, -0.2) is 4.98 Å². The van der Waals surface area contributed by atoms with Crippen LogP contribution < -0.4 is 20.5 Å². The molecule has 1 aromatic carbocycles. The van der Waals surface area contributed by atoms with E-state index in [0.29, 0.717) is 36.7 Å². The Hall–Kier alpha value is -1.83. The normalized spacial score (nSPS) is 9.87. The van der Waals surface area contributed by atoms with E-state index < -0.39 is 0 Å². The molecule has 0 fully saturated rings. The number of nitrogens with one attached hydrogen (secondary N) is 1. The first kappa shape index (κ1) is 19.2. The summed E-state index contributed by atoms with van der Waals surface area (Å²) in [7, 11) is 3.16. The van der Waals surface area contributed by atoms with E-state index in [1.807, 2.05) is 18.2 Å². The topological polar surface area (TPSA) is 86.5 Å². The summed E-state index contributed by atoms with van der Waals surface area (Å²) in [4.78, 5) is 16.3. The van der Waals surface area contributed by atoms with Crippen LogP contribution in [-0.4, -0.2) is 31.7 Å². The van der Waals surface area contributed by atoms with Gasteiger partial charge in [0.25, 0.3) is 5.91 Å². The van der Waals surface area contributed by atoms with Crippen molar-refractivity contribution in [3.05, 3.63) is 39.8 Å². The first-order chi connectivity index (χ1) is 10.7. The molecule has 0 aliphatic carbocycles. The number of nitrogens with two attached hydrogens (primary N) is 1. The summed E-state index contributed by atoms with van der Waals surface area (Å²) in [5.41, 5.74) is 6.82. The minimum atomic E-state index is -0.200. The molecule has 8 heteroatoms. The Morgan fingerprint density at radius 3 is 2.70 bits per heavy atom. The number of ether oxygens (including phenoxy) is 2. The van der Waals surface area contributed by atoms with Gasteiger partial charge < -0.3 is 20.5 Å². The molecular weight excluding hydrogens is 338 g/mol. The number of carbonyl (C=O) groups excluding carboxylic acids is 1. The summed E-state index contributed by atoms with van der Waals surface area (Å²) in [6.45, 7) is 0.920. The van der Waals surface area contributed by atoms with Crippen LogP contribution in [0.1, 0.15) is 21.1 Å². The van der Waals surface area contributed by atoms with Gasteiger partial charge >= 0.3 is 0 Å². The Kier molecular flexibility index (Phi) is 7.80. The van der Waals surface area contributed by atoms with Gasteiger partial charge in [-0.1, -0.05) is 6.07 Å².